The molecule has 0 aromatic heterocycles. The van der Waals surface area contributed by atoms with E-state index in [0.29, 0.717) is 22.3 Å². The van der Waals surface area contributed by atoms with Crippen LogP contribution in [-0.2, 0) is 16.0 Å². The number of hydrogen-bond donors (Lipinski definition) is 1. The first-order valence-electron chi connectivity index (χ1n) is 8.13. The average Bonchev–Trinajstić information content (AvgIpc) is 3.00. The van der Waals surface area contributed by atoms with Crippen molar-refractivity contribution in [2.24, 2.45) is 5.92 Å². The van der Waals surface area contributed by atoms with Gasteiger partial charge in [0.15, 0.2) is 0 Å². The first kappa shape index (κ1) is 17.8. The van der Waals surface area contributed by atoms with Crippen LogP contribution in [0.5, 0.6) is 0 Å². The monoisotopic (exact) mass is 376 g/mol. The third-order valence-electron chi connectivity index (χ3n) is 4.35. The van der Waals surface area contributed by atoms with Crippen molar-refractivity contribution in [1.29, 1.82) is 0 Å². The Kier molecular flexibility index (Phi) is 5.30. The summed E-state index contributed by atoms with van der Waals surface area (Å²) in [5.41, 5.74) is 2.56. The molecule has 0 aliphatic carbocycles. The number of para-hydroxylation sites is 1. The summed E-state index contributed by atoms with van der Waals surface area (Å²) in [4.78, 5) is 26.6. The number of aryl methyl sites for hydroxylation is 1. The van der Waals surface area contributed by atoms with Crippen LogP contribution in [0.15, 0.2) is 42.5 Å². The molecule has 1 N–H and O–H groups in total. The van der Waals surface area contributed by atoms with Crippen LogP contribution >= 0.6 is 23.2 Å². The molecule has 0 radical (unpaired) electrons. The van der Waals surface area contributed by atoms with E-state index in [1.807, 2.05) is 31.2 Å². The van der Waals surface area contributed by atoms with Crippen molar-refractivity contribution in [3.8, 4) is 0 Å². The van der Waals surface area contributed by atoms with E-state index in [9.17, 15) is 9.59 Å². The van der Waals surface area contributed by atoms with Crippen molar-refractivity contribution < 1.29 is 9.59 Å². The van der Waals surface area contributed by atoms with Crippen LogP contribution in [0, 0.1) is 5.92 Å². The molecule has 0 bridgehead atoms. The third-order valence-corrected chi connectivity index (χ3v) is 5.09. The van der Waals surface area contributed by atoms with Gasteiger partial charge in [-0.3, -0.25) is 9.59 Å². The summed E-state index contributed by atoms with van der Waals surface area (Å²) in [6, 6.07) is 12.7. The quantitative estimate of drug-likeness (QED) is 0.850. The van der Waals surface area contributed by atoms with Crippen molar-refractivity contribution >= 4 is 46.4 Å². The number of nitrogens with one attached hydrogen (secondary N) is 1. The molecule has 1 fully saturated rings. The van der Waals surface area contributed by atoms with Gasteiger partial charge in [0.25, 0.3) is 0 Å². The van der Waals surface area contributed by atoms with E-state index in [0.717, 1.165) is 17.7 Å². The van der Waals surface area contributed by atoms with E-state index in [1.165, 1.54) is 0 Å². The number of halogens is 2. The highest BCUT2D eigenvalue weighted by Crippen LogP contribution is 2.30. The molecule has 4 nitrogen and oxygen atoms in total. The Morgan fingerprint density at radius 2 is 1.96 bits per heavy atom. The molecule has 1 aliphatic heterocycles. The van der Waals surface area contributed by atoms with Crippen LogP contribution in [0.25, 0.3) is 0 Å². The molecule has 25 heavy (non-hydrogen) atoms. The first-order chi connectivity index (χ1) is 12.0. The Morgan fingerprint density at radius 3 is 2.68 bits per heavy atom. The second-order valence-electron chi connectivity index (χ2n) is 6.01. The minimum absolute atomic E-state index is 0.0322. The van der Waals surface area contributed by atoms with Gasteiger partial charge in [0.05, 0.1) is 16.0 Å². The smallest absolute Gasteiger partial charge is 0.229 e. The molecule has 1 aliphatic rings. The largest absolute Gasteiger partial charge is 0.326 e. The van der Waals surface area contributed by atoms with Crippen molar-refractivity contribution in [3.63, 3.8) is 0 Å². The zero-order valence-electron chi connectivity index (χ0n) is 13.8. The number of anilines is 2. The highest BCUT2D eigenvalue weighted by atomic mass is 35.5. The number of amides is 2. The molecule has 3 rings (SSSR count). The molecule has 0 saturated carbocycles. The van der Waals surface area contributed by atoms with Crippen LogP contribution in [0.4, 0.5) is 11.4 Å². The minimum Gasteiger partial charge on any atom is -0.326 e. The summed E-state index contributed by atoms with van der Waals surface area (Å²) >= 11 is 11.9. The Morgan fingerprint density at radius 1 is 1.20 bits per heavy atom. The normalized spacial score (nSPS) is 17.0. The van der Waals surface area contributed by atoms with E-state index < -0.39 is 5.92 Å². The number of rotatable bonds is 4. The molecule has 2 aromatic carbocycles. The van der Waals surface area contributed by atoms with Crippen LogP contribution in [0.2, 0.25) is 10.0 Å². The topological polar surface area (TPSA) is 49.4 Å². The predicted octanol–water partition coefficient (Wildman–Crippen LogP) is 4.55. The van der Waals surface area contributed by atoms with Gasteiger partial charge in [0.2, 0.25) is 11.8 Å². The maximum atomic E-state index is 12.5. The Bertz CT molecular complexity index is 823. The highest BCUT2D eigenvalue weighted by Gasteiger charge is 2.35. The lowest BCUT2D eigenvalue weighted by Gasteiger charge is -2.20. The number of carbonyl (C=O) groups is 2. The number of benzene rings is 2. The average molecular weight is 377 g/mol. The summed E-state index contributed by atoms with van der Waals surface area (Å²) in [6.07, 6.45) is 1.03. The molecule has 0 unspecified atom stereocenters. The fourth-order valence-corrected chi connectivity index (χ4v) is 3.31. The van der Waals surface area contributed by atoms with E-state index in [2.05, 4.69) is 5.32 Å². The molecule has 0 spiro atoms. The Balaban J connectivity index is 1.73. The molecular formula is C19H18Cl2N2O2. The van der Waals surface area contributed by atoms with Crippen molar-refractivity contribution in [1.82, 2.24) is 0 Å². The molecule has 130 valence electrons. The van der Waals surface area contributed by atoms with Crippen LogP contribution in [0.3, 0.4) is 0 Å². The van der Waals surface area contributed by atoms with Gasteiger partial charge in [-0.05, 0) is 36.2 Å². The molecule has 1 saturated heterocycles. The maximum Gasteiger partial charge on any atom is 0.229 e. The number of hydrogen-bond acceptors (Lipinski definition) is 2. The predicted molar refractivity (Wildman–Crippen MR) is 101 cm³/mol. The zero-order valence-corrected chi connectivity index (χ0v) is 15.3. The van der Waals surface area contributed by atoms with Crippen molar-refractivity contribution in [3.05, 3.63) is 58.1 Å². The number of nitrogens with zero attached hydrogens (tertiary/aromatic N) is 1. The zero-order chi connectivity index (χ0) is 18.0. The molecule has 6 heteroatoms. The fourth-order valence-electron chi connectivity index (χ4n) is 3.01. The lowest BCUT2D eigenvalue weighted by atomic mass is 10.1. The lowest BCUT2D eigenvalue weighted by Crippen LogP contribution is -2.28. The van der Waals surface area contributed by atoms with Gasteiger partial charge in [0, 0.05) is 24.3 Å². The van der Waals surface area contributed by atoms with Crippen molar-refractivity contribution in [2.45, 2.75) is 19.8 Å². The van der Waals surface area contributed by atoms with E-state index in [1.54, 1.807) is 23.1 Å². The summed E-state index contributed by atoms with van der Waals surface area (Å²) in [7, 11) is 0. The van der Waals surface area contributed by atoms with Gasteiger partial charge in [-0.2, -0.15) is 0 Å². The van der Waals surface area contributed by atoms with Gasteiger partial charge < -0.3 is 10.2 Å². The summed E-state index contributed by atoms with van der Waals surface area (Å²) < 4.78 is 0. The maximum absolute atomic E-state index is 12.5. The van der Waals surface area contributed by atoms with Crippen LogP contribution in [-0.4, -0.2) is 18.4 Å². The van der Waals surface area contributed by atoms with Gasteiger partial charge in [-0.25, -0.2) is 0 Å². The number of carbonyl (C=O) groups excluding carboxylic acids is 2. The van der Waals surface area contributed by atoms with Gasteiger partial charge in [0.1, 0.15) is 0 Å². The first-order valence-corrected chi connectivity index (χ1v) is 8.89. The molecular weight excluding hydrogens is 359 g/mol. The fraction of sp³-hybridized carbons (Fsp3) is 0.263. The Hall–Kier alpha value is -2.04. The van der Waals surface area contributed by atoms with Crippen molar-refractivity contribution in [2.75, 3.05) is 16.8 Å². The molecule has 2 amide bonds. The standard InChI is InChI=1S/C19H18Cl2N2O2/c1-2-12-5-3-4-6-17(12)23-11-13(9-18(23)24)19(25)22-14-7-8-15(20)16(21)10-14/h3-8,10,13H,2,9,11H2,1H3,(H,22,25)/t13-/m0/s1. The van der Waals surface area contributed by atoms with Gasteiger partial charge >= 0.3 is 0 Å². The second kappa shape index (κ2) is 7.46. The van der Waals surface area contributed by atoms with E-state index in [-0.39, 0.29) is 18.2 Å². The molecule has 1 atom stereocenters. The van der Waals surface area contributed by atoms with Crippen LogP contribution < -0.4 is 10.2 Å². The minimum atomic E-state index is -0.396. The van der Waals surface area contributed by atoms with Gasteiger partial charge in [-0.1, -0.05) is 48.3 Å². The summed E-state index contributed by atoms with van der Waals surface area (Å²) in [5, 5.41) is 3.62. The Labute approximate surface area is 156 Å². The lowest BCUT2D eigenvalue weighted by molar-refractivity contribution is -0.122. The second-order valence-corrected chi connectivity index (χ2v) is 6.82. The summed E-state index contributed by atoms with van der Waals surface area (Å²) in [5.74, 6) is -0.620. The molecule has 1 heterocycles. The van der Waals surface area contributed by atoms with Gasteiger partial charge in [-0.15, -0.1) is 0 Å². The third kappa shape index (κ3) is 3.80. The highest BCUT2D eigenvalue weighted by molar-refractivity contribution is 6.42. The molecule has 2 aromatic rings. The van der Waals surface area contributed by atoms with E-state index in [4.69, 9.17) is 23.2 Å². The van der Waals surface area contributed by atoms with Crippen LogP contribution in [0.1, 0.15) is 18.9 Å². The SMILES string of the molecule is CCc1ccccc1N1C[C@@H](C(=O)Nc2ccc(Cl)c(Cl)c2)CC1=O. The van der Waals surface area contributed by atoms with E-state index >= 15 is 0 Å². The summed E-state index contributed by atoms with van der Waals surface area (Å²) in [6.45, 7) is 2.43.